The van der Waals surface area contributed by atoms with Crippen LogP contribution in [0.15, 0.2) is 47.4 Å². The van der Waals surface area contributed by atoms with E-state index in [1.807, 2.05) is 30.3 Å². The van der Waals surface area contributed by atoms with E-state index in [1.165, 1.54) is 0 Å². The highest BCUT2D eigenvalue weighted by molar-refractivity contribution is 8.01. The Kier molecular flexibility index (Phi) is 3.71. The number of rotatable bonds is 3. The van der Waals surface area contributed by atoms with E-state index in [1.54, 1.807) is 11.8 Å². The summed E-state index contributed by atoms with van der Waals surface area (Å²) in [6.45, 7) is 4.16. The van der Waals surface area contributed by atoms with Crippen molar-refractivity contribution in [3.05, 3.63) is 48.0 Å². The van der Waals surface area contributed by atoms with E-state index in [0.717, 1.165) is 27.5 Å². The molecule has 0 amide bonds. The van der Waals surface area contributed by atoms with Gasteiger partial charge in [-0.1, -0.05) is 30.3 Å². The highest BCUT2D eigenvalue weighted by atomic mass is 32.2. The van der Waals surface area contributed by atoms with Crippen LogP contribution in [0.25, 0.3) is 16.5 Å². The molecule has 0 aromatic heterocycles. The first kappa shape index (κ1) is 15.4. The third-order valence-corrected chi connectivity index (χ3v) is 4.92. The van der Waals surface area contributed by atoms with Crippen molar-refractivity contribution in [1.82, 2.24) is 5.48 Å². The van der Waals surface area contributed by atoms with E-state index in [9.17, 15) is 8.42 Å². The number of benzene rings is 2. The molecule has 0 fully saturated rings. The van der Waals surface area contributed by atoms with Gasteiger partial charge in [-0.3, -0.25) is 0 Å². The molecule has 116 valence electrons. The van der Waals surface area contributed by atoms with Crippen LogP contribution in [0.1, 0.15) is 19.4 Å². The van der Waals surface area contributed by atoms with Crippen LogP contribution >= 0.6 is 11.8 Å². The van der Waals surface area contributed by atoms with Gasteiger partial charge in [-0.25, -0.2) is 5.48 Å². The van der Waals surface area contributed by atoms with Gasteiger partial charge < -0.3 is 0 Å². The summed E-state index contributed by atoms with van der Waals surface area (Å²) >= 11 is 1.74. The molecule has 22 heavy (non-hydrogen) atoms. The number of nitrogens with one attached hydrogen (secondary N) is 1. The van der Waals surface area contributed by atoms with E-state index < -0.39 is 10.1 Å². The van der Waals surface area contributed by atoms with Crippen molar-refractivity contribution in [2.75, 3.05) is 6.26 Å². The Morgan fingerprint density at radius 2 is 1.86 bits per heavy atom. The van der Waals surface area contributed by atoms with Crippen LogP contribution in [0.2, 0.25) is 0 Å². The molecule has 2 aromatic rings. The van der Waals surface area contributed by atoms with Crippen LogP contribution in [0.5, 0.6) is 0 Å². The normalized spacial score (nSPS) is 17.0. The summed E-state index contributed by atoms with van der Waals surface area (Å²) in [6.07, 6.45) is 3.02. The molecule has 0 saturated carbocycles. The minimum Gasteiger partial charge on any atom is -0.249 e. The molecule has 0 radical (unpaired) electrons. The topological polar surface area (TPSA) is 55.4 Å². The van der Waals surface area contributed by atoms with Crippen LogP contribution in [-0.2, 0) is 14.4 Å². The summed E-state index contributed by atoms with van der Waals surface area (Å²) in [5, 5.41) is 2.17. The van der Waals surface area contributed by atoms with Gasteiger partial charge in [0.25, 0.3) is 10.1 Å². The minimum absolute atomic E-state index is 0.154. The van der Waals surface area contributed by atoms with Crippen molar-refractivity contribution in [1.29, 1.82) is 0 Å². The number of hydrogen-bond acceptors (Lipinski definition) is 5. The fourth-order valence-electron chi connectivity index (χ4n) is 2.55. The first-order valence-corrected chi connectivity index (χ1v) is 9.47. The molecule has 3 rings (SSSR count). The first-order valence-electron chi connectivity index (χ1n) is 6.84. The Morgan fingerprint density at radius 1 is 1.14 bits per heavy atom. The molecule has 1 aliphatic heterocycles. The van der Waals surface area contributed by atoms with Gasteiger partial charge in [-0.2, -0.15) is 12.7 Å². The van der Waals surface area contributed by atoms with Gasteiger partial charge in [-0.15, -0.1) is 11.8 Å². The van der Waals surface area contributed by atoms with Crippen LogP contribution in [0.4, 0.5) is 0 Å². The molecule has 1 N–H and O–H groups in total. The Labute approximate surface area is 134 Å². The molecular weight excluding hydrogens is 318 g/mol. The Bertz CT molecular complexity index is 870. The predicted octanol–water partition coefficient (Wildman–Crippen LogP) is 3.55. The molecule has 2 aromatic carbocycles. The molecule has 0 unspecified atom stereocenters. The molecule has 0 bridgehead atoms. The van der Waals surface area contributed by atoms with E-state index in [0.29, 0.717) is 5.70 Å². The van der Waals surface area contributed by atoms with Gasteiger partial charge >= 0.3 is 0 Å². The second-order valence-corrected chi connectivity index (χ2v) is 9.08. The minimum atomic E-state index is -3.58. The highest BCUT2D eigenvalue weighted by Crippen LogP contribution is 2.45. The molecule has 0 spiro atoms. The zero-order valence-corrected chi connectivity index (χ0v) is 14.2. The van der Waals surface area contributed by atoms with Gasteiger partial charge in [0.05, 0.1) is 12.0 Å². The summed E-state index contributed by atoms with van der Waals surface area (Å²) in [6, 6.07) is 12.2. The Balaban J connectivity index is 2.16. The zero-order chi connectivity index (χ0) is 16.0. The molecule has 0 aliphatic carbocycles. The van der Waals surface area contributed by atoms with Crippen LogP contribution in [-0.4, -0.2) is 19.4 Å². The number of hydroxylamine groups is 1. The lowest BCUT2D eigenvalue weighted by atomic mass is 9.99. The number of thioether (sulfide) groups is 1. The van der Waals surface area contributed by atoms with Gasteiger partial charge in [0.15, 0.2) is 0 Å². The number of fused-ring (bicyclic) bond motifs is 3. The third-order valence-electron chi connectivity index (χ3n) is 3.33. The number of hydrogen-bond donors (Lipinski definition) is 1. The van der Waals surface area contributed by atoms with E-state index in [4.69, 9.17) is 4.28 Å². The van der Waals surface area contributed by atoms with Crippen molar-refractivity contribution in [2.45, 2.75) is 23.5 Å². The van der Waals surface area contributed by atoms with Gasteiger partial charge in [0, 0.05) is 15.2 Å². The molecule has 1 aliphatic rings. The predicted molar refractivity (Wildman–Crippen MR) is 90.9 cm³/mol. The fraction of sp³-hybridized carbons (Fsp3) is 0.250. The zero-order valence-electron chi connectivity index (χ0n) is 12.6. The SMILES string of the molecule is CC1(C)C=C(NOS(C)(=O)=O)c2c(ccc3ccccc23)S1. The monoisotopic (exact) mass is 335 g/mol. The maximum Gasteiger partial charge on any atom is 0.284 e. The van der Waals surface area contributed by atoms with Crippen molar-refractivity contribution < 1.29 is 12.7 Å². The van der Waals surface area contributed by atoms with Crippen LogP contribution in [0, 0.1) is 0 Å². The Morgan fingerprint density at radius 3 is 2.59 bits per heavy atom. The van der Waals surface area contributed by atoms with Gasteiger partial charge in [0.1, 0.15) is 0 Å². The van der Waals surface area contributed by atoms with Gasteiger partial charge in [0.2, 0.25) is 0 Å². The largest absolute Gasteiger partial charge is 0.284 e. The molecular formula is C16H17NO3S2. The standard InChI is InChI=1S/C16H17NO3S2/c1-16(2)10-13(17-20-22(3,18)19)15-12-7-5-4-6-11(12)8-9-14(15)21-16/h4-10,17H,1-3H3. The smallest absolute Gasteiger partial charge is 0.249 e. The Hall–Kier alpha value is -1.50. The van der Waals surface area contributed by atoms with Gasteiger partial charge in [-0.05, 0) is 36.8 Å². The maximum atomic E-state index is 11.3. The summed E-state index contributed by atoms with van der Waals surface area (Å²) in [5.41, 5.74) is 4.28. The lowest BCUT2D eigenvalue weighted by Gasteiger charge is -2.30. The average Bonchev–Trinajstić information content (AvgIpc) is 2.42. The van der Waals surface area contributed by atoms with Crippen molar-refractivity contribution >= 4 is 38.3 Å². The molecule has 1 heterocycles. The van der Waals surface area contributed by atoms with Crippen LogP contribution < -0.4 is 5.48 Å². The van der Waals surface area contributed by atoms with Crippen molar-refractivity contribution in [3.8, 4) is 0 Å². The summed E-state index contributed by atoms with van der Waals surface area (Å²) in [5.74, 6) is 0. The lowest BCUT2D eigenvalue weighted by Crippen LogP contribution is -2.24. The van der Waals surface area contributed by atoms with E-state index in [-0.39, 0.29) is 4.75 Å². The summed E-state index contributed by atoms with van der Waals surface area (Å²) < 4.78 is 27.2. The van der Waals surface area contributed by atoms with Crippen molar-refractivity contribution in [2.24, 2.45) is 0 Å². The van der Waals surface area contributed by atoms with E-state index in [2.05, 4.69) is 31.5 Å². The second-order valence-electron chi connectivity index (χ2n) is 5.81. The molecule has 0 atom stereocenters. The summed E-state index contributed by atoms with van der Waals surface area (Å²) in [7, 11) is -3.58. The average molecular weight is 335 g/mol. The molecule has 4 nitrogen and oxygen atoms in total. The quantitative estimate of drug-likeness (QED) is 0.870. The van der Waals surface area contributed by atoms with Crippen molar-refractivity contribution in [3.63, 3.8) is 0 Å². The first-order chi connectivity index (χ1) is 10.3. The lowest BCUT2D eigenvalue weighted by molar-refractivity contribution is 0.261. The fourth-order valence-corrected chi connectivity index (χ4v) is 3.99. The second kappa shape index (κ2) is 5.30. The molecule has 0 saturated heterocycles. The summed E-state index contributed by atoms with van der Waals surface area (Å²) in [4.78, 5) is 1.10. The van der Waals surface area contributed by atoms with E-state index >= 15 is 0 Å². The highest BCUT2D eigenvalue weighted by Gasteiger charge is 2.28. The van der Waals surface area contributed by atoms with Crippen LogP contribution in [0.3, 0.4) is 0 Å². The molecule has 6 heteroatoms. The third kappa shape index (κ3) is 3.14. The maximum absolute atomic E-state index is 11.3.